The van der Waals surface area contributed by atoms with E-state index in [1.807, 2.05) is 41.3 Å². The van der Waals surface area contributed by atoms with Gasteiger partial charge >= 0.3 is 0 Å². The van der Waals surface area contributed by atoms with Crippen LogP contribution in [0, 0.1) is 5.92 Å². The maximum Gasteiger partial charge on any atom is 0.226 e. The number of ether oxygens (including phenoxy) is 1. The fourth-order valence-corrected chi connectivity index (χ4v) is 4.17. The number of carbonyl (C=O) groups is 2. The van der Waals surface area contributed by atoms with Crippen LogP contribution in [-0.4, -0.2) is 46.4 Å². The zero-order valence-electron chi connectivity index (χ0n) is 18.1. The van der Waals surface area contributed by atoms with Gasteiger partial charge < -0.3 is 19.9 Å². The number of nitrogens with zero attached hydrogens (tertiary/aromatic N) is 2. The summed E-state index contributed by atoms with van der Waals surface area (Å²) in [6, 6.07) is 14.0. The lowest BCUT2D eigenvalue weighted by Gasteiger charge is -2.19. The van der Waals surface area contributed by atoms with Crippen molar-refractivity contribution in [2.75, 3.05) is 19.7 Å². The molecule has 3 aromatic rings. The SMILES string of the molecule is O=C(CCc1ccc2c(c1)CN(C(=O)C1CC1)CCO2)NCCc1nc2ccccc2[nH]1. The first-order chi connectivity index (χ1) is 15.7. The van der Waals surface area contributed by atoms with Crippen LogP contribution in [0.5, 0.6) is 5.75 Å². The van der Waals surface area contributed by atoms with Crippen molar-refractivity contribution in [1.29, 1.82) is 0 Å². The van der Waals surface area contributed by atoms with E-state index in [1.165, 1.54) is 0 Å². The lowest BCUT2D eigenvalue weighted by atomic mass is 10.0. The molecule has 0 radical (unpaired) electrons. The Morgan fingerprint density at radius 1 is 1.16 bits per heavy atom. The third-order valence-corrected chi connectivity index (χ3v) is 6.11. The van der Waals surface area contributed by atoms with E-state index in [4.69, 9.17) is 4.74 Å². The molecule has 1 aliphatic carbocycles. The molecule has 0 spiro atoms. The van der Waals surface area contributed by atoms with Gasteiger partial charge in [-0.15, -0.1) is 0 Å². The number of H-pyrrole nitrogens is 1. The highest BCUT2D eigenvalue weighted by molar-refractivity contribution is 5.81. The van der Waals surface area contributed by atoms with Crippen molar-refractivity contribution in [1.82, 2.24) is 20.2 Å². The van der Waals surface area contributed by atoms with Crippen molar-refractivity contribution in [3.8, 4) is 5.75 Å². The second kappa shape index (κ2) is 9.02. The van der Waals surface area contributed by atoms with Gasteiger partial charge in [-0.2, -0.15) is 0 Å². The second-order valence-corrected chi connectivity index (χ2v) is 8.63. The number of benzene rings is 2. The molecule has 0 bridgehead atoms. The lowest BCUT2D eigenvalue weighted by Crippen LogP contribution is -2.33. The van der Waals surface area contributed by atoms with Crippen LogP contribution in [0.2, 0.25) is 0 Å². The van der Waals surface area contributed by atoms with E-state index >= 15 is 0 Å². The van der Waals surface area contributed by atoms with Gasteiger partial charge in [0.2, 0.25) is 11.8 Å². The molecule has 2 aromatic carbocycles. The fourth-order valence-electron chi connectivity index (χ4n) is 4.17. The number of aryl methyl sites for hydroxylation is 1. The quantitative estimate of drug-likeness (QED) is 0.601. The number of hydrogen-bond donors (Lipinski definition) is 2. The normalized spacial score (nSPS) is 15.7. The van der Waals surface area contributed by atoms with E-state index in [0.29, 0.717) is 45.5 Å². The number of aromatic amines is 1. The van der Waals surface area contributed by atoms with Crippen LogP contribution < -0.4 is 10.1 Å². The Bertz CT molecular complexity index is 1100. The summed E-state index contributed by atoms with van der Waals surface area (Å²) < 4.78 is 5.84. The molecule has 0 saturated heterocycles. The van der Waals surface area contributed by atoms with Gasteiger partial charge in [-0.1, -0.05) is 24.3 Å². The second-order valence-electron chi connectivity index (χ2n) is 8.63. The maximum atomic E-state index is 12.5. The van der Waals surface area contributed by atoms with Crippen molar-refractivity contribution in [3.05, 3.63) is 59.4 Å². The van der Waals surface area contributed by atoms with Gasteiger partial charge in [0.1, 0.15) is 18.2 Å². The van der Waals surface area contributed by atoms with Crippen LogP contribution in [-0.2, 0) is 29.0 Å². The first-order valence-corrected chi connectivity index (χ1v) is 11.4. The highest BCUT2D eigenvalue weighted by atomic mass is 16.5. The van der Waals surface area contributed by atoms with E-state index in [0.717, 1.165) is 46.6 Å². The first-order valence-electron chi connectivity index (χ1n) is 11.4. The molecule has 7 heteroatoms. The van der Waals surface area contributed by atoms with Gasteiger partial charge in [0.05, 0.1) is 17.6 Å². The molecule has 0 atom stereocenters. The zero-order valence-corrected chi connectivity index (χ0v) is 18.1. The largest absolute Gasteiger partial charge is 0.491 e. The minimum atomic E-state index is 0.0258. The number of fused-ring (bicyclic) bond motifs is 2. The summed E-state index contributed by atoms with van der Waals surface area (Å²) in [5, 5.41) is 2.98. The molecule has 5 rings (SSSR count). The number of carbonyl (C=O) groups excluding carboxylic acids is 2. The van der Waals surface area contributed by atoms with Gasteiger partial charge in [0.15, 0.2) is 0 Å². The van der Waals surface area contributed by atoms with Crippen molar-refractivity contribution in [2.45, 2.75) is 38.6 Å². The van der Waals surface area contributed by atoms with Gasteiger partial charge in [0, 0.05) is 37.4 Å². The van der Waals surface area contributed by atoms with E-state index in [-0.39, 0.29) is 17.7 Å². The number of nitrogens with one attached hydrogen (secondary N) is 2. The fraction of sp³-hybridized carbons (Fsp3) is 0.400. The molecule has 166 valence electrons. The first kappa shape index (κ1) is 20.5. The third-order valence-electron chi connectivity index (χ3n) is 6.11. The molecule has 2 amide bonds. The molecule has 1 aliphatic heterocycles. The van der Waals surface area contributed by atoms with E-state index in [2.05, 4.69) is 21.4 Å². The molecule has 2 aliphatic rings. The predicted molar refractivity (Wildman–Crippen MR) is 121 cm³/mol. The summed E-state index contributed by atoms with van der Waals surface area (Å²) in [7, 11) is 0. The Balaban J connectivity index is 1.12. The molecule has 2 heterocycles. The number of rotatable bonds is 7. The highest BCUT2D eigenvalue weighted by Gasteiger charge is 2.34. The summed E-state index contributed by atoms with van der Waals surface area (Å²) in [5.74, 6) is 2.20. The van der Waals surface area contributed by atoms with Crippen LogP contribution in [0.1, 0.15) is 36.2 Å². The van der Waals surface area contributed by atoms with Gasteiger partial charge in [-0.05, 0) is 43.0 Å². The molecule has 1 saturated carbocycles. The van der Waals surface area contributed by atoms with E-state index < -0.39 is 0 Å². The zero-order chi connectivity index (χ0) is 21.9. The van der Waals surface area contributed by atoms with Gasteiger partial charge in [-0.3, -0.25) is 9.59 Å². The average Bonchev–Trinajstić information content (AvgIpc) is 3.59. The summed E-state index contributed by atoms with van der Waals surface area (Å²) in [6.07, 6.45) is 3.76. The van der Waals surface area contributed by atoms with Crippen LogP contribution in [0.4, 0.5) is 0 Å². The third kappa shape index (κ3) is 4.77. The Morgan fingerprint density at radius 2 is 2.03 bits per heavy atom. The van der Waals surface area contributed by atoms with E-state index in [9.17, 15) is 9.59 Å². The topological polar surface area (TPSA) is 87.3 Å². The molecule has 2 N–H and O–H groups in total. The van der Waals surface area contributed by atoms with Crippen molar-refractivity contribution < 1.29 is 14.3 Å². The Labute approximate surface area is 187 Å². The Morgan fingerprint density at radius 3 is 2.88 bits per heavy atom. The van der Waals surface area contributed by atoms with Crippen LogP contribution >= 0.6 is 0 Å². The summed E-state index contributed by atoms with van der Waals surface area (Å²) >= 11 is 0. The number of imidazole rings is 1. The van der Waals surface area contributed by atoms with Gasteiger partial charge in [-0.25, -0.2) is 4.98 Å². The van der Waals surface area contributed by atoms with Crippen molar-refractivity contribution in [3.63, 3.8) is 0 Å². The minimum absolute atomic E-state index is 0.0258. The molecular formula is C25H28N4O3. The Hall–Kier alpha value is -3.35. The number of para-hydroxylation sites is 2. The molecule has 1 fully saturated rings. The summed E-state index contributed by atoms with van der Waals surface area (Å²) in [6.45, 7) is 2.29. The monoisotopic (exact) mass is 432 g/mol. The molecule has 1 aromatic heterocycles. The summed E-state index contributed by atoms with van der Waals surface area (Å²) in [5.41, 5.74) is 4.07. The smallest absolute Gasteiger partial charge is 0.226 e. The predicted octanol–water partition coefficient (Wildman–Crippen LogP) is 2.99. The lowest BCUT2D eigenvalue weighted by molar-refractivity contribution is -0.133. The number of amides is 2. The standard InChI is InChI=1S/C25H28N4O3/c30-24(26-12-11-23-27-20-3-1-2-4-21(20)28-23)10-6-17-5-9-22-19(15-17)16-29(13-14-32-22)25(31)18-7-8-18/h1-5,9,15,18H,6-8,10-14,16H2,(H,26,30)(H,27,28). The molecule has 0 unspecified atom stereocenters. The summed E-state index contributed by atoms with van der Waals surface area (Å²) in [4.78, 5) is 34.5. The van der Waals surface area contributed by atoms with Gasteiger partial charge in [0.25, 0.3) is 0 Å². The van der Waals surface area contributed by atoms with Crippen molar-refractivity contribution in [2.24, 2.45) is 5.92 Å². The number of aromatic nitrogens is 2. The van der Waals surface area contributed by atoms with Crippen LogP contribution in [0.3, 0.4) is 0 Å². The van der Waals surface area contributed by atoms with Crippen LogP contribution in [0.25, 0.3) is 11.0 Å². The minimum Gasteiger partial charge on any atom is -0.491 e. The molecular weight excluding hydrogens is 404 g/mol. The Kier molecular flexibility index (Phi) is 5.79. The van der Waals surface area contributed by atoms with E-state index in [1.54, 1.807) is 0 Å². The number of hydrogen-bond acceptors (Lipinski definition) is 4. The highest BCUT2D eigenvalue weighted by Crippen LogP contribution is 2.33. The molecule has 7 nitrogen and oxygen atoms in total. The molecule has 32 heavy (non-hydrogen) atoms. The van der Waals surface area contributed by atoms with Crippen LogP contribution in [0.15, 0.2) is 42.5 Å². The van der Waals surface area contributed by atoms with Crippen molar-refractivity contribution >= 4 is 22.8 Å². The maximum absolute atomic E-state index is 12.5. The average molecular weight is 433 g/mol.